The smallest absolute Gasteiger partial charge is 0.196 e. The molecule has 0 spiro atoms. The number of halogens is 2. The van der Waals surface area contributed by atoms with E-state index in [1.165, 1.54) is 6.07 Å². The van der Waals surface area contributed by atoms with Gasteiger partial charge in [-0.3, -0.25) is 4.79 Å². The van der Waals surface area contributed by atoms with Crippen molar-refractivity contribution in [3.63, 3.8) is 0 Å². The van der Waals surface area contributed by atoms with E-state index < -0.39 is 5.97 Å². The highest BCUT2D eigenvalue weighted by Crippen LogP contribution is 2.27. The lowest BCUT2D eigenvalue weighted by Crippen LogP contribution is -2.25. The molecule has 0 atom stereocenters. The van der Waals surface area contributed by atoms with Gasteiger partial charge in [0, 0.05) is 33.7 Å². The normalized spacial score (nSPS) is 10.4. The summed E-state index contributed by atoms with van der Waals surface area (Å²) >= 11 is 9.32. The Morgan fingerprint density at radius 1 is 1.19 bits per heavy atom. The molecule has 0 radical (unpaired) electrons. The van der Waals surface area contributed by atoms with Gasteiger partial charge in [-0.1, -0.05) is 39.7 Å². The van der Waals surface area contributed by atoms with Crippen LogP contribution in [0.4, 0.5) is 5.69 Å². The van der Waals surface area contributed by atoms with E-state index in [1.807, 2.05) is 0 Å². The van der Waals surface area contributed by atoms with E-state index in [0.29, 0.717) is 16.1 Å². The average molecular weight is 368 g/mol. The molecule has 0 unspecified atom stereocenters. The zero-order chi connectivity index (χ0) is 15.6. The second-order valence-electron chi connectivity index (χ2n) is 4.38. The maximum Gasteiger partial charge on any atom is 0.196 e. The summed E-state index contributed by atoms with van der Waals surface area (Å²) in [6.07, 6.45) is -0.346. The fraction of sp³-hybridized carbons (Fsp3) is 0.0667. The molecule has 108 valence electrons. The molecule has 0 saturated heterocycles. The number of para-hydroxylation sites is 1. The highest BCUT2D eigenvalue weighted by Gasteiger charge is 2.17. The molecule has 0 aromatic heterocycles. The molecule has 0 heterocycles. The van der Waals surface area contributed by atoms with Gasteiger partial charge in [0.25, 0.3) is 0 Å². The molecule has 2 rings (SSSR count). The Hall–Kier alpha value is -1.85. The lowest BCUT2D eigenvalue weighted by atomic mass is 9.98. The quantitative estimate of drug-likeness (QED) is 0.663. The summed E-state index contributed by atoms with van der Waals surface area (Å²) < 4.78 is 0.753. The maximum atomic E-state index is 12.5. The Labute approximate surface area is 134 Å². The number of carboxylic acids is 1. The first-order valence-corrected chi connectivity index (χ1v) is 7.14. The van der Waals surface area contributed by atoms with Crippen LogP contribution in [-0.2, 0) is 11.2 Å². The number of nitrogen functional groups attached to an aromatic ring is 1. The van der Waals surface area contributed by atoms with Gasteiger partial charge in [-0.25, -0.2) is 0 Å². The second kappa shape index (κ2) is 6.28. The Morgan fingerprint density at radius 2 is 1.90 bits per heavy atom. The van der Waals surface area contributed by atoms with Crippen molar-refractivity contribution in [3.8, 4) is 0 Å². The van der Waals surface area contributed by atoms with Crippen LogP contribution in [0.15, 0.2) is 40.9 Å². The third-order valence-corrected chi connectivity index (χ3v) is 3.76. The van der Waals surface area contributed by atoms with Crippen LogP contribution in [0.5, 0.6) is 0 Å². The Kier molecular flexibility index (Phi) is 4.65. The average Bonchev–Trinajstić information content (AvgIpc) is 2.40. The number of rotatable bonds is 4. The highest BCUT2D eigenvalue weighted by atomic mass is 79.9. The van der Waals surface area contributed by atoms with E-state index in [0.717, 1.165) is 4.47 Å². The number of ketones is 1. The van der Waals surface area contributed by atoms with Gasteiger partial charge in [-0.2, -0.15) is 0 Å². The van der Waals surface area contributed by atoms with Crippen LogP contribution < -0.4 is 10.8 Å². The second-order valence-corrected chi connectivity index (χ2v) is 5.70. The molecule has 0 fully saturated rings. The van der Waals surface area contributed by atoms with Gasteiger partial charge in [0.1, 0.15) is 0 Å². The maximum absolute atomic E-state index is 12.5. The Morgan fingerprint density at radius 3 is 2.52 bits per heavy atom. The van der Waals surface area contributed by atoms with Crippen LogP contribution in [0.2, 0.25) is 5.02 Å². The zero-order valence-corrected chi connectivity index (χ0v) is 13.1. The molecule has 0 bridgehead atoms. The molecule has 2 aromatic carbocycles. The van der Waals surface area contributed by atoms with Crippen molar-refractivity contribution in [1.82, 2.24) is 0 Å². The van der Waals surface area contributed by atoms with E-state index in [4.69, 9.17) is 17.3 Å². The Bertz CT molecular complexity index is 731. The summed E-state index contributed by atoms with van der Waals surface area (Å²) in [6.45, 7) is 0. The summed E-state index contributed by atoms with van der Waals surface area (Å²) in [5.74, 6) is -1.61. The Balaban J connectivity index is 2.46. The number of benzene rings is 2. The highest BCUT2D eigenvalue weighted by molar-refractivity contribution is 9.10. The van der Waals surface area contributed by atoms with Crippen LogP contribution in [0.1, 0.15) is 21.5 Å². The van der Waals surface area contributed by atoms with Crippen LogP contribution in [-0.4, -0.2) is 11.8 Å². The van der Waals surface area contributed by atoms with Gasteiger partial charge < -0.3 is 15.6 Å². The van der Waals surface area contributed by atoms with Crippen molar-refractivity contribution in [1.29, 1.82) is 0 Å². The monoisotopic (exact) mass is 366 g/mol. The topological polar surface area (TPSA) is 83.2 Å². The minimum absolute atomic E-state index is 0.130. The summed E-state index contributed by atoms with van der Waals surface area (Å²) in [5, 5.41) is 11.0. The van der Waals surface area contributed by atoms with Gasteiger partial charge in [0.15, 0.2) is 5.78 Å². The van der Waals surface area contributed by atoms with Crippen LogP contribution >= 0.6 is 27.5 Å². The van der Waals surface area contributed by atoms with Gasteiger partial charge in [0.05, 0.1) is 5.02 Å². The third-order valence-electron chi connectivity index (χ3n) is 2.95. The van der Waals surface area contributed by atoms with Crippen molar-refractivity contribution in [2.45, 2.75) is 6.42 Å². The molecule has 0 saturated carbocycles. The summed E-state index contributed by atoms with van der Waals surface area (Å²) in [5.41, 5.74) is 6.88. The lowest BCUT2D eigenvalue weighted by Gasteiger charge is -2.11. The molecule has 0 amide bonds. The van der Waals surface area contributed by atoms with E-state index >= 15 is 0 Å². The van der Waals surface area contributed by atoms with Crippen LogP contribution in [0.3, 0.4) is 0 Å². The summed E-state index contributed by atoms with van der Waals surface area (Å²) in [7, 11) is 0. The minimum atomic E-state index is -1.26. The fourth-order valence-corrected chi connectivity index (χ4v) is 2.70. The van der Waals surface area contributed by atoms with Crippen molar-refractivity contribution in [2.75, 3.05) is 5.73 Å². The van der Waals surface area contributed by atoms with E-state index in [9.17, 15) is 14.7 Å². The molecular formula is C15H10BrClNO3-. The first-order valence-electron chi connectivity index (χ1n) is 5.97. The van der Waals surface area contributed by atoms with Gasteiger partial charge >= 0.3 is 0 Å². The number of anilines is 1. The van der Waals surface area contributed by atoms with Gasteiger partial charge in [0.2, 0.25) is 0 Å². The molecule has 0 aliphatic carbocycles. The van der Waals surface area contributed by atoms with Crippen LogP contribution in [0.25, 0.3) is 0 Å². The molecule has 0 aliphatic heterocycles. The molecule has 2 aromatic rings. The predicted molar refractivity (Wildman–Crippen MR) is 82.1 cm³/mol. The van der Waals surface area contributed by atoms with E-state index in [-0.39, 0.29) is 23.5 Å². The standard InChI is InChI=1S/C15H11BrClNO3/c16-9-4-5-10(12(17)7-9)15(21)11-3-1-2-8(14(11)18)6-13(19)20/h1-5,7H,6,18H2,(H,19,20)/p-1. The number of carboxylic acid groups (broad SMARTS) is 1. The molecular weight excluding hydrogens is 358 g/mol. The van der Waals surface area contributed by atoms with E-state index in [1.54, 1.807) is 30.3 Å². The van der Waals surface area contributed by atoms with Crippen LogP contribution in [0, 0.1) is 0 Å². The first kappa shape index (κ1) is 15.5. The third kappa shape index (κ3) is 3.43. The minimum Gasteiger partial charge on any atom is -0.550 e. The van der Waals surface area contributed by atoms with Gasteiger partial charge in [-0.05, 0) is 29.8 Å². The number of carbonyl (C=O) groups is 2. The SMILES string of the molecule is Nc1c(CC(=O)[O-])cccc1C(=O)c1ccc(Br)cc1Cl. The number of carbonyl (C=O) groups excluding carboxylic acids is 2. The lowest BCUT2D eigenvalue weighted by molar-refractivity contribution is -0.304. The van der Waals surface area contributed by atoms with Crippen molar-refractivity contribution in [2.24, 2.45) is 0 Å². The first-order chi connectivity index (χ1) is 9.90. The number of nitrogens with two attached hydrogens (primary N) is 1. The van der Waals surface area contributed by atoms with Crippen molar-refractivity contribution >= 4 is 45.0 Å². The van der Waals surface area contributed by atoms with E-state index in [2.05, 4.69) is 15.9 Å². The summed E-state index contributed by atoms with van der Waals surface area (Å²) in [4.78, 5) is 23.2. The molecule has 0 aliphatic rings. The fourth-order valence-electron chi connectivity index (χ4n) is 1.94. The molecule has 2 N–H and O–H groups in total. The molecule has 6 heteroatoms. The summed E-state index contributed by atoms with van der Waals surface area (Å²) in [6, 6.07) is 9.55. The zero-order valence-electron chi connectivity index (χ0n) is 10.7. The molecule has 21 heavy (non-hydrogen) atoms. The number of aliphatic carboxylic acids is 1. The predicted octanol–water partition coefficient (Wildman–Crippen LogP) is 2.21. The largest absolute Gasteiger partial charge is 0.550 e. The van der Waals surface area contributed by atoms with Crippen molar-refractivity contribution < 1.29 is 14.7 Å². The number of hydrogen-bond acceptors (Lipinski definition) is 4. The molecule has 4 nitrogen and oxygen atoms in total. The van der Waals surface area contributed by atoms with Crippen molar-refractivity contribution in [3.05, 3.63) is 62.6 Å². The number of hydrogen-bond donors (Lipinski definition) is 1. The van der Waals surface area contributed by atoms with Gasteiger partial charge in [-0.15, -0.1) is 0 Å².